The zero-order valence-corrected chi connectivity index (χ0v) is 20.5. The zero-order valence-electron chi connectivity index (χ0n) is 20.5. The standard InChI is InChI=1S/C29H34N2O4/c1-3-4-11-20-30-29(33)28(24-12-7-5-8-13-24)31(21-23-16-18-25(34-2)19-17-23)27(32)22-35-26-14-9-6-10-15-26/h5-10,12-19,28H,3-4,11,20-22H2,1-2H3,(H,30,33)/t28-/m1/s1. The van der Waals surface area contributed by atoms with E-state index in [1.54, 1.807) is 24.1 Å². The second-order valence-electron chi connectivity index (χ2n) is 8.28. The van der Waals surface area contributed by atoms with Gasteiger partial charge in [-0.1, -0.05) is 80.4 Å². The second kappa shape index (κ2) is 13.8. The molecule has 0 unspecified atom stereocenters. The largest absolute Gasteiger partial charge is 0.497 e. The molecule has 3 aromatic rings. The van der Waals surface area contributed by atoms with Crippen LogP contribution in [0, 0.1) is 0 Å². The summed E-state index contributed by atoms with van der Waals surface area (Å²) in [5.74, 6) is 0.856. The molecule has 1 atom stereocenters. The Hall–Kier alpha value is -3.80. The third kappa shape index (κ3) is 7.88. The van der Waals surface area contributed by atoms with E-state index in [4.69, 9.17) is 9.47 Å². The molecule has 0 fully saturated rings. The van der Waals surface area contributed by atoms with Crippen LogP contribution in [-0.4, -0.2) is 37.0 Å². The third-order valence-corrected chi connectivity index (χ3v) is 5.69. The van der Waals surface area contributed by atoms with Crippen molar-refractivity contribution in [3.8, 4) is 11.5 Å². The van der Waals surface area contributed by atoms with Crippen molar-refractivity contribution < 1.29 is 19.1 Å². The van der Waals surface area contributed by atoms with Crippen molar-refractivity contribution in [2.45, 2.75) is 38.8 Å². The molecule has 0 aliphatic rings. The number of nitrogens with one attached hydrogen (secondary N) is 1. The van der Waals surface area contributed by atoms with Crippen molar-refractivity contribution in [2.75, 3.05) is 20.3 Å². The summed E-state index contributed by atoms with van der Waals surface area (Å²) in [5.41, 5.74) is 1.64. The van der Waals surface area contributed by atoms with Gasteiger partial charge < -0.3 is 19.7 Å². The van der Waals surface area contributed by atoms with E-state index in [-0.39, 0.29) is 25.0 Å². The van der Waals surface area contributed by atoms with E-state index in [0.717, 1.165) is 36.1 Å². The molecule has 6 nitrogen and oxygen atoms in total. The molecule has 0 saturated carbocycles. The van der Waals surface area contributed by atoms with Gasteiger partial charge in [-0.3, -0.25) is 9.59 Å². The lowest BCUT2D eigenvalue weighted by atomic mass is 10.0. The number of methoxy groups -OCH3 is 1. The molecule has 2 amide bonds. The number of benzene rings is 3. The Kier molecular flexibility index (Phi) is 10.2. The van der Waals surface area contributed by atoms with Crippen LogP contribution in [0.2, 0.25) is 0 Å². The summed E-state index contributed by atoms with van der Waals surface area (Å²) in [5, 5.41) is 3.04. The Morgan fingerprint density at radius 3 is 2.14 bits per heavy atom. The van der Waals surface area contributed by atoms with Crippen LogP contribution in [0.1, 0.15) is 43.4 Å². The first-order valence-corrected chi connectivity index (χ1v) is 12.0. The molecular weight excluding hydrogens is 440 g/mol. The second-order valence-corrected chi connectivity index (χ2v) is 8.28. The minimum Gasteiger partial charge on any atom is -0.497 e. The van der Waals surface area contributed by atoms with Gasteiger partial charge in [-0.2, -0.15) is 0 Å². The molecule has 6 heteroatoms. The Balaban J connectivity index is 1.88. The molecule has 0 radical (unpaired) electrons. The summed E-state index contributed by atoms with van der Waals surface area (Å²) in [4.78, 5) is 28.6. The number of para-hydroxylation sites is 1. The molecule has 184 valence electrons. The van der Waals surface area contributed by atoms with E-state index >= 15 is 0 Å². The van der Waals surface area contributed by atoms with Crippen LogP contribution in [0.5, 0.6) is 11.5 Å². The van der Waals surface area contributed by atoms with Crippen molar-refractivity contribution in [3.05, 3.63) is 96.1 Å². The van der Waals surface area contributed by atoms with Crippen LogP contribution in [-0.2, 0) is 16.1 Å². The minimum absolute atomic E-state index is 0.174. The summed E-state index contributed by atoms with van der Waals surface area (Å²) >= 11 is 0. The number of rotatable bonds is 13. The quantitative estimate of drug-likeness (QED) is 0.348. The van der Waals surface area contributed by atoms with Crippen molar-refractivity contribution >= 4 is 11.8 Å². The van der Waals surface area contributed by atoms with Gasteiger partial charge in [0.1, 0.15) is 17.5 Å². The average molecular weight is 475 g/mol. The fraction of sp³-hybridized carbons (Fsp3) is 0.310. The normalized spacial score (nSPS) is 11.4. The Labute approximate surface area is 207 Å². The number of carbonyl (C=O) groups excluding carboxylic acids is 2. The number of ether oxygens (including phenoxy) is 2. The maximum absolute atomic E-state index is 13.5. The van der Waals surface area contributed by atoms with E-state index in [1.165, 1.54) is 0 Å². The molecule has 1 N–H and O–H groups in total. The first-order chi connectivity index (χ1) is 17.1. The van der Waals surface area contributed by atoms with Crippen LogP contribution in [0.4, 0.5) is 0 Å². The van der Waals surface area contributed by atoms with Crippen molar-refractivity contribution in [2.24, 2.45) is 0 Å². The van der Waals surface area contributed by atoms with Gasteiger partial charge in [-0.15, -0.1) is 0 Å². The number of amides is 2. The maximum atomic E-state index is 13.5. The highest BCUT2D eigenvalue weighted by atomic mass is 16.5. The summed E-state index contributed by atoms with van der Waals surface area (Å²) in [7, 11) is 1.61. The van der Waals surface area contributed by atoms with Gasteiger partial charge in [0.25, 0.3) is 5.91 Å². The van der Waals surface area contributed by atoms with Gasteiger partial charge in [-0.05, 0) is 41.8 Å². The molecule has 35 heavy (non-hydrogen) atoms. The van der Waals surface area contributed by atoms with E-state index in [9.17, 15) is 9.59 Å². The molecule has 0 aliphatic carbocycles. The smallest absolute Gasteiger partial charge is 0.261 e. The highest BCUT2D eigenvalue weighted by molar-refractivity contribution is 5.89. The lowest BCUT2D eigenvalue weighted by Crippen LogP contribution is -2.45. The molecule has 0 bridgehead atoms. The molecule has 0 heterocycles. The highest BCUT2D eigenvalue weighted by Gasteiger charge is 2.31. The third-order valence-electron chi connectivity index (χ3n) is 5.69. The van der Waals surface area contributed by atoms with Gasteiger partial charge in [0, 0.05) is 13.1 Å². The molecule has 3 rings (SSSR count). The Morgan fingerprint density at radius 1 is 0.857 bits per heavy atom. The minimum atomic E-state index is -0.785. The SMILES string of the molecule is CCCCCNC(=O)[C@@H](c1ccccc1)N(Cc1ccc(OC)cc1)C(=O)COc1ccccc1. The van der Waals surface area contributed by atoms with E-state index in [0.29, 0.717) is 12.3 Å². The fourth-order valence-electron chi connectivity index (χ4n) is 3.79. The molecule has 3 aromatic carbocycles. The van der Waals surface area contributed by atoms with Crippen LogP contribution in [0.25, 0.3) is 0 Å². The summed E-state index contributed by atoms with van der Waals surface area (Å²) in [6, 6.07) is 25.3. The average Bonchev–Trinajstić information content (AvgIpc) is 2.91. The maximum Gasteiger partial charge on any atom is 0.261 e. The topological polar surface area (TPSA) is 67.9 Å². The van der Waals surface area contributed by atoms with Gasteiger partial charge in [0.2, 0.25) is 5.91 Å². The first kappa shape index (κ1) is 25.8. The van der Waals surface area contributed by atoms with Gasteiger partial charge >= 0.3 is 0 Å². The number of nitrogens with zero attached hydrogens (tertiary/aromatic N) is 1. The predicted molar refractivity (Wildman–Crippen MR) is 137 cm³/mol. The Bertz CT molecular complexity index is 1040. The van der Waals surface area contributed by atoms with Gasteiger partial charge in [0.15, 0.2) is 6.61 Å². The summed E-state index contributed by atoms with van der Waals surface area (Å²) in [6.07, 6.45) is 3.00. The number of unbranched alkanes of at least 4 members (excludes halogenated alkanes) is 2. The van der Waals surface area contributed by atoms with Crippen LogP contribution >= 0.6 is 0 Å². The number of hydrogen-bond acceptors (Lipinski definition) is 4. The predicted octanol–water partition coefficient (Wildman–Crippen LogP) is 5.15. The number of carbonyl (C=O) groups is 2. The fourth-order valence-corrected chi connectivity index (χ4v) is 3.79. The van der Waals surface area contributed by atoms with Gasteiger partial charge in [-0.25, -0.2) is 0 Å². The first-order valence-electron chi connectivity index (χ1n) is 12.0. The van der Waals surface area contributed by atoms with Crippen molar-refractivity contribution in [3.63, 3.8) is 0 Å². The van der Waals surface area contributed by atoms with Crippen molar-refractivity contribution in [1.29, 1.82) is 0 Å². The van der Waals surface area contributed by atoms with E-state index in [1.807, 2.05) is 72.8 Å². The van der Waals surface area contributed by atoms with Crippen LogP contribution in [0.3, 0.4) is 0 Å². The monoisotopic (exact) mass is 474 g/mol. The lowest BCUT2D eigenvalue weighted by Gasteiger charge is -2.31. The van der Waals surface area contributed by atoms with E-state index in [2.05, 4.69) is 12.2 Å². The molecular formula is C29H34N2O4. The van der Waals surface area contributed by atoms with Crippen LogP contribution in [0.15, 0.2) is 84.9 Å². The van der Waals surface area contributed by atoms with Crippen molar-refractivity contribution in [1.82, 2.24) is 10.2 Å². The molecule has 0 saturated heterocycles. The van der Waals surface area contributed by atoms with Crippen LogP contribution < -0.4 is 14.8 Å². The Morgan fingerprint density at radius 2 is 1.51 bits per heavy atom. The summed E-state index contributed by atoms with van der Waals surface area (Å²) in [6.45, 7) is 2.77. The molecule has 0 aliphatic heterocycles. The lowest BCUT2D eigenvalue weighted by molar-refractivity contribution is -0.143. The summed E-state index contributed by atoms with van der Waals surface area (Å²) < 4.78 is 11.0. The molecule has 0 aromatic heterocycles. The number of hydrogen-bond donors (Lipinski definition) is 1. The zero-order chi connectivity index (χ0) is 24.9. The highest BCUT2D eigenvalue weighted by Crippen LogP contribution is 2.25. The molecule has 0 spiro atoms. The van der Waals surface area contributed by atoms with E-state index < -0.39 is 6.04 Å². The van der Waals surface area contributed by atoms with Gasteiger partial charge in [0.05, 0.1) is 7.11 Å².